The van der Waals surface area contributed by atoms with Gasteiger partial charge in [0.15, 0.2) is 0 Å². The molecule has 2 atom stereocenters. The average Bonchev–Trinajstić information content (AvgIpc) is 2.21. The second kappa shape index (κ2) is 5.69. The number of aromatic nitrogens is 1. The van der Waals surface area contributed by atoms with Crippen molar-refractivity contribution in [2.75, 3.05) is 7.05 Å². The predicted molar refractivity (Wildman–Crippen MR) is 65.5 cm³/mol. The van der Waals surface area contributed by atoms with Crippen LogP contribution in [0.3, 0.4) is 0 Å². The Balaban J connectivity index is 3.01. The number of hydrogen-bond donors (Lipinski definition) is 1. The van der Waals surface area contributed by atoms with Gasteiger partial charge in [0, 0.05) is 6.20 Å². The van der Waals surface area contributed by atoms with Gasteiger partial charge in [0.1, 0.15) is 0 Å². The summed E-state index contributed by atoms with van der Waals surface area (Å²) in [5, 5.41) is 4.44. The van der Waals surface area contributed by atoms with Crippen molar-refractivity contribution < 1.29 is 0 Å². The van der Waals surface area contributed by atoms with E-state index >= 15 is 0 Å². The van der Waals surface area contributed by atoms with Crippen LogP contribution in [-0.2, 0) is 0 Å². The largest absolute Gasteiger partial charge is 0.311 e. The van der Waals surface area contributed by atoms with E-state index < -0.39 is 0 Å². The van der Waals surface area contributed by atoms with Crippen LogP contribution in [0.1, 0.15) is 32.0 Å². The van der Waals surface area contributed by atoms with Crippen LogP contribution >= 0.6 is 23.2 Å². The minimum Gasteiger partial charge on any atom is -0.311 e. The zero-order valence-corrected chi connectivity index (χ0v) is 10.7. The standard InChI is InChI=1S/C11H16Cl2N2/c1-4-7(2)10(14-3)11-9(13)5-8(12)6-15-11/h5-7,10,14H,4H2,1-3H3. The summed E-state index contributed by atoms with van der Waals surface area (Å²) in [5.41, 5.74) is 0.873. The Labute approximate surface area is 101 Å². The van der Waals surface area contributed by atoms with Gasteiger partial charge in [0.2, 0.25) is 0 Å². The van der Waals surface area contributed by atoms with Gasteiger partial charge in [-0.25, -0.2) is 0 Å². The monoisotopic (exact) mass is 246 g/mol. The molecule has 0 radical (unpaired) electrons. The number of pyridine rings is 1. The second-order valence-corrected chi connectivity index (χ2v) is 4.52. The highest BCUT2D eigenvalue weighted by atomic mass is 35.5. The fourth-order valence-electron chi connectivity index (χ4n) is 1.58. The Hall–Kier alpha value is -0.310. The first-order valence-corrected chi connectivity index (χ1v) is 5.84. The van der Waals surface area contributed by atoms with Gasteiger partial charge in [-0.05, 0) is 19.0 Å². The van der Waals surface area contributed by atoms with E-state index in [1.54, 1.807) is 12.3 Å². The van der Waals surface area contributed by atoms with Gasteiger partial charge in [-0.2, -0.15) is 0 Å². The van der Waals surface area contributed by atoms with Crippen molar-refractivity contribution in [3.05, 3.63) is 28.0 Å². The highest BCUT2D eigenvalue weighted by molar-refractivity contribution is 6.34. The summed E-state index contributed by atoms with van der Waals surface area (Å²) in [4.78, 5) is 4.29. The molecule has 2 unspecified atom stereocenters. The van der Waals surface area contributed by atoms with Crippen LogP contribution in [0, 0.1) is 5.92 Å². The molecule has 0 spiro atoms. The molecule has 0 aromatic carbocycles. The molecule has 1 aromatic heterocycles. The molecule has 0 aliphatic carbocycles. The fourth-order valence-corrected chi connectivity index (χ4v) is 2.08. The van der Waals surface area contributed by atoms with E-state index in [0.717, 1.165) is 12.1 Å². The SMILES string of the molecule is CCC(C)C(NC)c1ncc(Cl)cc1Cl. The lowest BCUT2D eigenvalue weighted by Gasteiger charge is -2.22. The normalized spacial score (nSPS) is 15.0. The third-order valence-corrected chi connectivity index (χ3v) is 3.16. The van der Waals surface area contributed by atoms with Gasteiger partial charge < -0.3 is 5.32 Å². The lowest BCUT2D eigenvalue weighted by Crippen LogP contribution is -2.24. The molecule has 0 fully saturated rings. The Bertz CT molecular complexity index is 328. The Morgan fingerprint density at radius 1 is 1.47 bits per heavy atom. The molecule has 0 aliphatic rings. The summed E-state index contributed by atoms with van der Waals surface area (Å²) in [5.74, 6) is 0.487. The van der Waals surface area contributed by atoms with E-state index in [1.807, 2.05) is 7.05 Å². The van der Waals surface area contributed by atoms with Crippen molar-refractivity contribution in [1.29, 1.82) is 0 Å². The van der Waals surface area contributed by atoms with E-state index in [0.29, 0.717) is 16.0 Å². The molecule has 2 nitrogen and oxygen atoms in total. The second-order valence-electron chi connectivity index (χ2n) is 3.67. The third-order valence-electron chi connectivity index (χ3n) is 2.65. The molecule has 0 saturated carbocycles. The fraction of sp³-hybridized carbons (Fsp3) is 0.545. The van der Waals surface area contributed by atoms with Crippen molar-refractivity contribution in [2.45, 2.75) is 26.3 Å². The Morgan fingerprint density at radius 2 is 2.13 bits per heavy atom. The minimum absolute atomic E-state index is 0.180. The van der Waals surface area contributed by atoms with Crippen LogP contribution in [0.5, 0.6) is 0 Å². The molecule has 0 bridgehead atoms. The molecule has 84 valence electrons. The molecule has 1 rings (SSSR count). The summed E-state index contributed by atoms with van der Waals surface area (Å²) in [7, 11) is 1.92. The molecule has 0 saturated heterocycles. The first-order valence-electron chi connectivity index (χ1n) is 5.08. The number of rotatable bonds is 4. The molecular weight excluding hydrogens is 231 g/mol. The third kappa shape index (κ3) is 3.07. The smallest absolute Gasteiger partial charge is 0.0762 e. The molecule has 1 heterocycles. The van der Waals surface area contributed by atoms with E-state index in [-0.39, 0.29) is 6.04 Å². The van der Waals surface area contributed by atoms with Crippen LogP contribution in [0.15, 0.2) is 12.3 Å². The van der Waals surface area contributed by atoms with E-state index in [1.165, 1.54) is 0 Å². The van der Waals surface area contributed by atoms with Gasteiger partial charge in [-0.1, -0.05) is 43.5 Å². The lowest BCUT2D eigenvalue weighted by molar-refractivity contribution is 0.393. The minimum atomic E-state index is 0.180. The quantitative estimate of drug-likeness (QED) is 0.877. The summed E-state index contributed by atoms with van der Waals surface area (Å²) < 4.78 is 0. The molecule has 1 aromatic rings. The van der Waals surface area contributed by atoms with Crippen molar-refractivity contribution in [2.24, 2.45) is 5.92 Å². The maximum Gasteiger partial charge on any atom is 0.0762 e. The van der Waals surface area contributed by atoms with Crippen LogP contribution in [-0.4, -0.2) is 12.0 Å². The number of hydrogen-bond acceptors (Lipinski definition) is 2. The van der Waals surface area contributed by atoms with Crippen molar-refractivity contribution in [3.8, 4) is 0 Å². The van der Waals surface area contributed by atoms with E-state index in [2.05, 4.69) is 24.1 Å². The molecule has 0 amide bonds. The van der Waals surface area contributed by atoms with Crippen LogP contribution in [0.25, 0.3) is 0 Å². The van der Waals surface area contributed by atoms with Gasteiger partial charge in [-0.3, -0.25) is 4.98 Å². The summed E-state index contributed by atoms with van der Waals surface area (Å²) in [6.07, 6.45) is 2.71. The molecular formula is C11H16Cl2N2. The molecule has 0 aliphatic heterocycles. The maximum atomic E-state index is 6.12. The molecule has 4 heteroatoms. The molecule has 15 heavy (non-hydrogen) atoms. The first kappa shape index (κ1) is 12.8. The maximum absolute atomic E-state index is 6.12. The summed E-state index contributed by atoms with van der Waals surface area (Å²) in [6, 6.07) is 1.91. The van der Waals surface area contributed by atoms with Gasteiger partial charge in [-0.15, -0.1) is 0 Å². The zero-order chi connectivity index (χ0) is 11.4. The van der Waals surface area contributed by atoms with Crippen LogP contribution in [0.4, 0.5) is 0 Å². The van der Waals surface area contributed by atoms with Crippen LogP contribution in [0.2, 0.25) is 10.0 Å². The molecule has 1 N–H and O–H groups in total. The number of nitrogens with zero attached hydrogens (tertiary/aromatic N) is 1. The summed E-state index contributed by atoms with van der Waals surface area (Å²) in [6.45, 7) is 4.33. The van der Waals surface area contributed by atoms with Gasteiger partial charge in [0.25, 0.3) is 0 Å². The predicted octanol–water partition coefficient (Wildman–Crippen LogP) is 3.70. The number of nitrogens with one attached hydrogen (secondary N) is 1. The van der Waals surface area contributed by atoms with E-state index in [9.17, 15) is 0 Å². The Kier molecular flexibility index (Phi) is 4.84. The van der Waals surface area contributed by atoms with Crippen LogP contribution < -0.4 is 5.32 Å². The number of halogens is 2. The first-order chi connectivity index (χ1) is 7.10. The summed E-state index contributed by atoms with van der Waals surface area (Å²) >= 11 is 11.9. The van der Waals surface area contributed by atoms with Gasteiger partial charge in [0.05, 0.1) is 21.8 Å². The van der Waals surface area contributed by atoms with E-state index in [4.69, 9.17) is 23.2 Å². The highest BCUT2D eigenvalue weighted by Crippen LogP contribution is 2.29. The van der Waals surface area contributed by atoms with Crippen molar-refractivity contribution in [3.63, 3.8) is 0 Å². The van der Waals surface area contributed by atoms with Crippen molar-refractivity contribution >= 4 is 23.2 Å². The highest BCUT2D eigenvalue weighted by Gasteiger charge is 2.20. The average molecular weight is 247 g/mol. The lowest BCUT2D eigenvalue weighted by atomic mass is 9.96. The van der Waals surface area contributed by atoms with Crippen molar-refractivity contribution in [1.82, 2.24) is 10.3 Å². The topological polar surface area (TPSA) is 24.9 Å². The zero-order valence-electron chi connectivity index (χ0n) is 9.22. The Morgan fingerprint density at radius 3 is 2.60 bits per heavy atom. The van der Waals surface area contributed by atoms with Gasteiger partial charge >= 0.3 is 0 Å².